The predicted octanol–water partition coefficient (Wildman–Crippen LogP) is 2.51. The first-order valence-corrected chi connectivity index (χ1v) is 7.75. The molecular formula is C17H17F2N5. The minimum atomic E-state index is -0.569. The zero-order valence-electron chi connectivity index (χ0n) is 13.3. The van der Waals surface area contributed by atoms with Crippen LogP contribution in [-0.2, 0) is 0 Å². The second-order valence-electron chi connectivity index (χ2n) is 5.71. The highest BCUT2D eigenvalue weighted by Crippen LogP contribution is 2.26. The maximum atomic E-state index is 14.0. The fourth-order valence-corrected chi connectivity index (χ4v) is 3.00. The lowest BCUT2D eigenvalue weighted by Gasteiger charge is -2.38. The van der Waals surface area contributed by atoms with Crippen LogP contribution < -0.4 is 4.90 Å². The first kappa shape index (κ1) is 16.3. The van der Waals surface area contributed by atoms with Crippen molar-refractivity contribution in [3.05, 3.63) is 53.5 Å². The molecule has 0 bridgehead atoms. The summed E-state index contributed by atoms with van der Waals surface area (Å²) in [5, 5.41) is 9.13. The van der Waals surface area contributed by atoms with Crippen LogP contribution in [0.1, 0.15) is 24.2 Å². The predicted molar refractivity (Wildman–Crippen MR) is 85.3 cm³/mol. The standard InChI is InChI=1S/C17H17F2N5/c1-12(14-3-2-13(18)10-15(14)19)23-6-8-24(9-7-23)17-16(11-20)21-4-5-22-17/h2-5,10,12H,6-9H2,1H3. The topological polar surface area (TPSA) is 56.1 Å². The summed E-state index contributed by atoms with van der Waals surface area (Å²) in [7, 11) is 0. The van der Waals surface area contributed by atoms with Crippen molar-refractivity contribution in [2.24, 2.45) is 0 Å². The Bertz CT molecular complexity index is 766. The largest absolute Gasteiger partial charge is 0.352 e. The van der Waals surface area contributed by atoms with Crippen molar-refractivity contribution in [2.75, 3.05) is 31.1 Å². The zero-order chi connectivity index (χ0) is 17.1. The van der Waals surface area contributed by atoms with E-state index in [4.69, 9.17) is 5.26 Å². The van der Waals surface area contributed by atoms with E-state index in [-0.39, 0.29) is 6.04 Å². The van der Waals surface area contributed by atoms with E-state index in [1.165, 1.54) is 18.3 Å². The molecule has 1 aliphatic heterocycles. The Balaban J connectivity index is 1.70. The highest BCUT2D eigenvalue weighted by atomic mass is 19.1. The Morgan fingerprint density at radius 1 is 1.12 bits per heavy atom. The van der Waals surface area contributed by atoms with Gasteiger partial charge in [0.25, 0.3) is 0 Å². The van der Waals surface area contributed by atoms with Crippen LogP contribution in [0.25, 0.3) is 0 Å². The average Bonchev–Trinajstić information content (AvgIpc) is 2.61. The van der Waals surface area contributed by atoms with Gasteiger partial charge in [-0.1, -0.05) is 6.07 Å². The van der Waals surface area contributed by atoms with Crippen LogP contribution in [0, 0.1) is 23.0 Å². The van der Waals surface area contributed by atoms with E-state index >= 15 is 0 Å². The number of hydrogen-bond acceptors (Lipinski definition) is 5. The molecule has 1 aliphatic rings. The third-order valence-electron chi connectivity index (χ3n) is 4.36. The fraction of sp³-hybridized carbons (Fsp3) is 0.353. The zero-order valence-corrected chi connectivity index (χ0v) is 13.3. The molecule has 2 aromatic rings. The second kappa shape index (κ2) is 6.89. The Morgan fingerprint density at radius 2 is 1.83 bits per heavy atom. The van der Waals surface area contributed by atoms with Crippen molar-refractivity contribution in [3.8, 4) is 6.07 Å². The molecule has 24 heavy (non-hydrogen) atoms. The number of halogens is 2. The monoisotopic (exact) mass is 329 g/mol. The van der Waals surface area contributed by atoms with Crippen LogP contribution >= 0.6 is 0 Å². The smallest absolute Gasteiger partial charge is 0.183 e. The van der Waals surface area contributed by atoms with E-state index in [1.807, 2.05) is 11.8 Å². The average molecular weight is 329 g/mol. The molecule has 1 aromatic carbocycles. The summed E-state index contributed by atoms with van der Waals surface area (Å²) in [4.78, 5) is 12.4. The normalized spacial score (nSPS) is 16.7. The molecule has 0 aliphatic carbocycles. The van der Waals surface area contributed by atoms with E-state index in [0.717, 1.165) is 6.07 Å². The number of piperazine rings is 1. The van der Waals surface area contributed by atoms with E-state index in [2.05, 4.69) is 20.9 Å². The van der Waals surface area contributed by atoms with Gasteiger partial charge in [-0.2, -0.15) is 5.26 Å². The van der Waals surface area contributed by atoms with Crippen molar-refractivity contribution in [3.63, 3.8) is 0 Å². The maximum absolute atomic E-state index is 14.0. The summed E-state index contributed by atoms with van der Waals surface area (Å²) in [5.74, 6) is -0.508. The van der Waals surface area contributed by atoms with E-state index in [1.54, 1.807) is 6.20 Å². The minimum absolute atomic E-state index is 0.148. The number of nitriles is 1. The molecule has 0 saturated carbocycles. The Morgan fingerprint density at radius 3 is 2.50 bits per heavy atom. The summed E-state index contributed by atoms with van der Waals surface area (Å²) in [6.07, 6.45) is 3.07. The summed E-state index contributed by atoms with van der Waals surface area (Å²) < 4.78 is 27.0. The lowest BCUT2D eigenvalue weighted by Crippen LogP contribution is -2.47. The van der Waals surface area contributed by atoms with Crippen LogP contribution in [0.4, 0.5) is 14.6 Å². The van der Waals surface area contributed by atoms with Crippen molar-refractivity contribution in [2.45, 2.75) is 13.0 Å². The molecule has 1 fully saturated rings. The molecule has 0 amide bonds. The minimum Gasteiger partial charge on any atom is -0.352 e. The molecule has 124 valence electrons. The highest BCUT2D eigenvalue weighted by molar-refractivity contribution is 5.49. The Labute approximate surface area is 139 Å². The van der Waals surface area contributed by atoms with Gasteiger partial charge in [-0.05, 0) is 13.0 Å². The van der Waals surface area contributed by atoms with Crippen LogP contribution in [0.3, 0.4) is 0 Å². The fourth-order valence-electron chi connectivity index (χ4n) is 3.00. The highest BCUT2D eigenvalue weighted by Gasteiger charge is 2.25. The number of aromatic nitrogens is 2. The van der Waals surface area contributed by atoms with Gasteiger partial charge in [0.15, 0.2) is 11.5 Å². The SMILES string of the molecule is CC(c1ccc(F)cc1F)N1CCN(c2nccnc2C#N)CC1. The van der Waals surface area contributed by atoms with Crippen molar-refractivity contribution < 1.29 is 8.78 Å². The van der Waals surface area contributed by atoms with Gasteiger partial charge >= 0.3 is 0 Å². The van der Waals surface area contributed by atoms with Gasteiger partial charge in [0.2, 0.25) is 0 Å². The summed E-state index contributed by atoms with van der Waals surface area (Å²) in [5.41, 5.74) is 0.797. The van der Waals surface area contributed by atoms with Gasteiger partial charge in [0.1, 0.15) is 17.7 Å². The molecule has 0 N–H and O–H groups in total. The van der Waals surface area contributed by atoms with Crippen LogP contribution in [0.2, 0.25) is 0 Å². The molecule has 5 nitrogen and oxygen atoms in total. The number of rotatable bonds is 3. The van der Waals surface area contributed by atoms with Gasteiger partial charge in [0, 0.05) is 56.2 Å². The van der Waals surface area contributed by atoms with Gasteiger partial charge in [-0.25, -0.2) is 18.7 Å². The molecule has 7 heteroatoms. The third kappa shape index (κ3) is 3.19. The molecular weight excluding hydrogens is 312 g/mol. The van der Waals surface area contributed by atoms with Crippen LogP contribution in [-0.4, -0.2) is 41.0 Å². The summed E-state index contributed by atoms with van der Waals surface area (Å²) in [6, 6.07) is 5.60. The third-order valence-corrected chi connectivity index (χ3v) is 4.36. The van der Waals surface area contributed by atoms with Crippen molar-refractivity contribution in [1.29, 1.82) is 5.26 Å². The van der Waals surface area contributed by atoms with E-state index in [0.29, 0.717) is 43.3 Å². The first-order chi connectivity index (χ1) is 11.6. The van der Waals surface area contributed by atoms with Crippen LogP contribution in [0.5, 0.6) is 0 Å². The molecule has 3 rings (SSSR count). The number of benzene rings is 1. The Kier molecular flexibility index (Phi) is 4.67. The summed E-state index contributed by atoms with van der Waals surface area (Å²) >= 11 is 0. The summed E-state index contributed by atoms with van der Waals surface area (Å²) in [6.45, 7) is 4.63. The van der Waals surface area contributed by atoms with Gasteiger partial charge in [-0.15, -0.1) is 0 Å². The van der Waals surface area contributed by atoms with Crippen molar-refractivity contribution in [1.82, 2.24) is 14.9 Å². The molecule has 0 radical (unpaired) electrons. The molecule has 1 unspecified atom stereocenters. The van der Waals surface area contributed by atoms with E-state index < -0.39 is 11.6 Å². The van der Waals surface area contributed by atoms with Gasteiger partial charge in [0.05, 0.1) is 0 Å². The number of nitrogens with zero attached hydrogens (tertiary/aromatic N) is 5. The van der Waals surface area contributed by atoms with Crippen LogP contribution in [0.15, 0.2) is 30.6 Å². The lowest BCUT2D eigenvalue weighted by atomic mass is 10.1. The van der Waals surface area contributed by atoms with Gasteiger partial charge in [-0.3, -0.25) is 4.90 Å². The molecule has 1 aromatic heterocycles. The molecule has 2 heterocycles. The number of hydrogen-bond donors (Lipinski definition) is 0. The second-order valence-corrected chi connectivity index (χ2v) is 5.71. The van der Waals surface area contributed by atoms with Gasteiger partial charge < -0.3 is 4.90 Å². The number of anilines is 1. The lowest BCUT2D eigenvalue weighted by molar-refractivity contribution is 0.194. The molecule has 1 atom stereocenters. The molecule has 1 saturated heterocycles. The van der Waals surface area contributed by atoms with Crippen molar-refractivity contribution >= 4 is 5.82 Å². The quantitative estimate of drug-likeness (QED) is 0.866. The maximum Gasteiger partial charge on any atom is 0.183 e. The van der Waals surface area contributed by atoms with E-state index in [9.17, 15) is 8.78 Å². The Hall–Kier alpha value is -2.59. The first-order valence-electron chi connectivity index (χ1n) is 7.75. The molecule has 0 spiro atoms.